The molecule has 125 valence electrons. The molecule has 0 amide bonds. The van der Waals surface area contributed by atoms with E-state index in [2.05, 4.69) is 17.2 Å². The van der Waals surface area contributed by atoms with Crippen LogP contribution in [0.15, 0.2) is 0 Å². The van der Waals surface area contributed by atoms with E-state index in [0.29, 0.717) is 6.42 Å². The first kappa shape index (κ1) is 24.4. The van der Waals surface area contributed by atoms with Crippen LogP contribution in [-0.2, 0) is 14.4 Å². The number of unbranched alkanes of at least 4 members (excludes halogenated alkanes) is 10. The van der Waals surface area contributed by atoms with Gasteiger partial charge in [-0.2, -0.15) is 0 Å². The minimum absolute atomic E-state index is 0. The van der Waals surface area contributed by atoms with Crippen LogP contribution in [-0.4, -0.2) is 47.9 Å². The zero-order valence-corrected chi connectivity index (χ0v) is 16.9. The molecule has 0 aromatic heterocycles. The number of hydrogen-bond donors (Lipinski definition) is 1. The first-order chi connectivity index (χ1) is 10.2. The van der Waals surface area contributed by atoms with Crippen LogP contribution in [0.4, 0.5) is 0 Å². The van der Waals surface area contributed by atoms with E-state index in [1.807, 2.05) is 0 Å². The number of Topliss-reactive ketones (excluding diaryl/α,β-unsaturated/α-hetero) is 1. The molecule has 0 saturated heterocycles. The number of nitrogens with one attached hydrogen (secondary N) is 1. The van der Waals surface area contributed by atoms with Gasteiger partial charge in [0.15, 0.2) is 0 Å². The van der Waals surface area contributed by atoms with Crippen molar-refractivity contribution >= 4 is 41.3 Å². The van der Waals surface area contributed by atoms with Crippen LogP contribution in [0.25, 0.3) is 0 Å². The number of hydrogen-bond acceptors (Lipinski definition) is 4. The number of carbonyl (C=O) groups excluding carboxylic acids is 2. The van der Waals surface area contributed by atoms with E-state index in [4.69, 9.17) is 0 Å². The number of hydroxylamine groups is 1. The summed E-state index contributed by atoms with van der Waals surface area (Å²) in [6, 6.07) is 0. The van der Waals surface area contributed by atoms with Gasteiger partial charge in [0.25, 0.3) is 0 Å². The van der Waals surface area contributed by atoms with Crippen molar-refractivity contribution in [3.63, 3.8) is 0 Å². The van der Waals surface area contributed by atoms with E-state index in [9.17, 15) is 9.59 Å². The van der Waals surface area contributed by atoms with E-state index in [1.165, 1.54) is 64.7 Å². The fraction of sp³-hybridized carbons (Fsp3) is 0.882. The summed E-state index contributed by atoms with van der Waals surface area (Å²) in [4.78, 5) is 26.4. The van der Waals surface area contributed by atoms with Gasteiger partial charge in [-0.3, -0.25) is 9.59 Å². The van der Waals surface area contributed by atoms with Gasteiger partial charge in [-0.25, -0.2) is 0 Å². The summed E-state index contributed by atoms with van der Waals surface area (Å²) >= 11 is 0. The summed E-state index contributed by atoms with van der Waals surface area (Å²) in [5, 5.41) is 0. The maximum atomic E-state index is 11.4. The van der Waals surface area contributed by atoms with Gasteiger partial charge < -0.3 is 4.84 Å². The van der Waals surface area contributed by atoms with Gasteiger partial charge in [-0.1, -0.05) is 71.1 Å². The van der Waals surface area contributed by atoms with Crippen LogP contribution >= 0.6 is 0 Å². The molecule has 0 aliphatic carbocycles. The topological polar surface area (TPSA) is 55.4 Å². The van der Waals surface area contributed by atoms with Gasteiger partial charge in [-0.05, 0) is 6.42 Å². The SMILES string of the molecule is CCCCCCCCCCCCCC(=O)CNOC(C)=O.[Na]. The largest absolute Gasteiger partial charge is 0.371 e. The Kier molecular flexibility index (Phi) is 21.2. The number of rotatable bonds is 15. The minimum Gasteiger partial charge on any atom is -0.371 e. The summed E-state index contributed by atoms with van der Waals surface area (Å²) < 4.78 is 0. The van der Waals surface area contributed by atoms with Gasteiger partial charge >= 0.3 is 5.97 Å². The molecule has 0 unspecified atom stereocenters. The first-order valence-corrected chi connectivity index (χ1v) is 8.58. The molecule has 1 radical (unpaired) electrons. The third-order valence-electron chi connectivity index (χ3n) is 3.54. The van der Waals surface area contributed by atoms with Crippen molar-refractivity contribution in [2.75, 3.05) is 6.54 Å². The smallest absolute Gasteiger partial charge is 0.321 e. The van der Waals surface area contributed by atoms with Gasteiger partial charge in [0, 0.05) is 42.9 Å². The van der Waals surface area contributed by atoms with E-state index in [0.717, 1.165) is 12.8 Å². The Labute approximate surface area is 158 Å². The van der Waals surface area contributed by atoms with Crippen molar-refractivity contribution in [1.82, 2.24) is 5.48 Å². The summed E-state index contributed by atoms with van der Waals surface area (Å²) in [6.07, 6.45) is 14.7. The monoisotopic (exact) mass is 322 g/mol. The summed E-state index contributed by atoms with van der Waals surface area (Å²) in [7, 11) is 0. The molecule has 4 nitrogen and oxygen atoms in total. The van der Waals surface area contributed by atoms with Crippen molar-refractivity contribution in [1.29, 1.82) is 0 Å². The fourth-order valence-corrected chi connectivity index (χ4v) is 2.29. The predicted octanol–water partition coefficient (Wildman–Crippen LogP) is 3.94. The minimum atomic E-state index is -0.419. The Morgan fingerprint density at radius 3 is 1.73 bits per heavy atom. The van der Waals surface area contributed by atoms with Crippen LogP contribution in [0.2, 0.25) is 0 Å². The quantitative estimate of drug-likeness (QED) is 0.282. The van der Waals surface area contributed by atoms with Crippen LogP contribution < -0.4 is 5.48 Å². The van der Waals surface area contributed by atoms with Crippen LogP contribution in [0, 0.1) is 0 Å². The Hall–Kier alpha value is 0.1000. The maximum absolute atomic E-state index is 11.4. The molecule has 0 aliphatic heterocycles. The summed E-state index contributed by atoms with van der Waals surface area (Å²) in [5.74, 6) is -0.315. The number of ketones is 1. The van der Waals surface area contributed by atoms with Crippen molar-refractivity contribution in [3.05, 3.63) is 0 Å². The van der Waals surface area contributed by atoms with E-state index >= 15 is 0 Å². The zero-order chi connectivity index (χ0) is 15.8. The Morgan fingerprint density at radius 2 is 1.27 bits per heavy atom. The molecule has 0 atom stereocenters. The molecule has 0 saturated carbocycles. The second kappa shape index (κ2) is 19.1. The second-order valence-electron chi connectivity index (χ2n) is 5.74. The molecule has 0 aromatic carbocycles. The molecule has 22 heavy (non-hydrogen) atoms. The van der Waals surface area contributed by atoms with Gasteiger partial charge in [0.05, 0.1) is 6.54 Å². The average molecular weight is 322 g/mol. The third kappa shape index (κ3) is 20.1. The fourth-order valence-electron chi connectivity index (χ4n) is 2.29. The molecule has 0 aliphatic rings. The van der Waals surface area contributed by atoms with E-state index < -0.39 is 5.97 Å². The molecular weight excluding hydrogens is 289 g/mol. The van der Waals surface area contributed by atoms with Crippen molar-refractivity contribution < 1.29 is 14.4 Å². The van der Waals surface area contributed by atoms with Crippen LogP contribution in [0.1, 0.15) is 90.9 Å². The second-order valence-corrected chi connectivity index (χ2v) is 5.74. The Morgan fingerprint density at radius 1 is 0.818 bits per heavy atom. The van der Waals surface area contributed by atoms with Gasteiger partial charge in [0.1, 0.15) is 5.78 Å². The van der Waals surface area contributed by atoms with Crippen LogP contribution in [0.3, 0.4) is 0 Å². The molecule has 0 spiro atoms. The third-order valence-corrected chi connectivity index (χ3v) is 3.54. The number of carbonyl (C=O) groups is 2. The van der Waals surface area contributed by atoms with Crippen molar-refractivity contribution in [2.24, 2.45) is 0 Å². The molecule has 0 bridgehead atoms. The van der Waals surface area contributed by atoms with Crippen molar-refractivity contribution in [3.8, 4) is 0 Å². The molecule has 1 N–H and O–H groups in total. The molecular formula is C17H33NNaO3. The first-order valence-electron chi connectivity index (χ1n) is 8.58. The molecule has 0 aromatic rings. The van der Waals surface area contributed by atoms with Crippen molar-refractivity contribution in [2.45, 2.75) is 90.9 Å². The van der Waals surface area contributed by atoms with Crippen LogP contribution in [0.5, 0.6) is 0 Å². The maximum Gasteiger partial charge on any atom is 0.321 e. The standard InChI is InChI=1S/C17H33NO3.Na/c1-3-4-5-6-7-8-9-10-11-12-13-14-17(20)15-18-21-16(2)19;/h18H,3-15H2,1-2H3;. The molecule has 5 heteroatoms. The Bertz CT molecular complexity index is 273. The molecule has 0 rings (SSSR count). The average Bonchev–Trinajstić information content (AvgIpc) is 2.44. The molecule has 0 fully saturated rings. The summed E-state index contributed by atoms with van der Waals surface area (Å²) in [6.45, 7) is 3.68. The van der Waals surface area contributed by atoms with Gasteiger partial charge in [0.2, 0.25) is 0 Å². The van der Waals surface area contributed by atoms with E-state index in [-0.39, 0.29) is 41.9 Å². The predicted molar refractivity (Wildman–Crippen MR) is 91.6 cm³/mol. The van der Waals surface area contributed by atoms with E-state index in [1.54, 1.807) is 0 Å². The zero-order valence-electron chi connectivity index (χ0n) is 14.9. The normalized spacial score (nSPS) is 10.1. The van der Waals surface area contributed by atoms with Gasteiger partial charge in [-0.15, -0.1) is 5.48 Å². The summed E-state index contributed by atoms with van der Waals surface area (Å²) in [5.41, 5.74) is 2.38. The molecule has 0 heterocycles. The Balaban J connectivity index is 0.